The van der Waals surface area contributed by atoms with Crippen molar-refractivity contribution in [1.29, 1.82) is 5.26 Å². The number of rotatable bonds is 6. The number of aromatic nitrogens is 4. The van der Waals surface area contributed by atoms with Crippen molar-refractivity contribution in [3.05, 3.63) is 69.3 Å². The minimum Gasteiger partial charge on any atom is -0.342 e. The summed E-state index contributed by atoms with van der Waals surface area (Å²) in [5.41, 5.74) is 0.800. The van der Waals surface area contributed by atoms with Crippen LogP contribution in [0.25, 0.3) is 5.82 Å². The number of nitriles is 1. The summed E-state index contributed by atoms with van der Waals surface area (Å²) in [6, 6.07) is 9.58. The molecule has 0 saturated carbocycles. The Balaban J connectivity index is 0.00000320. The molecular formula is C20H20Cl2N6OS. The van der Waals surface area contributed by atoms with E-state index in [1.54, 1.807) is 35.0 Å². The molecule has 1 aromatic carbocycles. The number of hydrogen-bond acceptors (Lipinski definition) is 5. The Bertz CT molecular complexity index is 1060. The van der Waals surface area contributed by atoms with Gasteiger partial charge in [-0.3, -0.25) is 4.79 Å². The summed E-state index contributed by atoms with van der Waals surface area (Å²) in [6.07, 6.45) is 3.05. The molecule has 156 valence electrons. The number of nitrogens with zero attached hydrogens (tertiary/aromatic N) is 5. The van der Waals surface area contributed by atoms with Gasteiger partial charge in [-0.1, -0.05) is 30.1 Å². The number of halogens is 2. The molecule has 7 nitrogen and oxygen atoms in total. The first-order valence-electron chi connectivity index (χ1n) is 9.00. The first-order chi connectivity index (χ1) is 13.9. The van der Waals surface area contributed by atoms with Gasteiger partial charge in [0.2, 0.25) is 0 Å². The Morgan fingerprint density at radius 1 is 1.27 bits per heavy atom. The van der Waals surface area contributed by atoms with Crippen LogP contribution in [-0.4, -0.2) is 25.7 Å². The van der Waals surface area contributed by atoms with Crippen LogP contribution in [0.4, 0.5) is 0 Å². The van der Waals surface area contributed by atoms with Gasteiger partial charge in [0.1, 0.15) is 6.07 Å². The van der Waals surface area contributed by atoms with Gasteiger partial charge in [0.05, 0.1) is 11.6 Å². The highest BCUT2D eigenvalue weighted by Crippen LogP contribution is 2.21. The van der Waals surface area contributed by atoms with E-state index in [-0.39, 0.29) is 19.4 Å². The zero-order valence-electron chi connectivity index (χ0n) is 16.4. The predicted octanol–water partition coefficient (Wildman–Crippen LogP) is 4.40. The van der Waals surface area contributed by atoms with Crippen molar-refractivity contribution in [1.82, 2.24) is 25.1 Å². The molecule has 30 heavy (non-hydrogen) atoms. The smallest absolute Gasteiger partial charge is 0.251 e. The molecule has 1 amide bonds. The van der Waals surface area contributed by atoms with Crippen molar-refractivity contribution in [2.75, 3.05) is 0 Å². The molecule has 0 bridgehead atoms. The van der Waals surface area contributed by atoms with Crippen LogP contribution in [-0.2, 0) is 6.42 Å². The van der Waals surface area contributed by atoms with Crippen LogP contribution in [0.1, 0.15) is 53.9 Å². The lowest BCUT2D eigenvalue weighted by Gasteiger charge is -2.14. The van der Waals surface area contributed by atoms with Crippen LogP contribution in [0.5, 0.6) is 0 Å². The molecule has 1 N–H and O–H groups in total. The van der Waals surface area contributed by atoms with Gasteiger partial charge < -0.3 is 5.32 Å². The molecule has 3 aromatic rings. The van der Waals surface area contributed by atoms with E-state index < -0.39 is 6.04 Å². The Labute approximate surface area is 191 Å². The van der Waals surface area contributed by atoms with Gasteiger partial charge in [0.15, 0.2) is 17.5 Å². The summed E-state index contributed by atoms with van der Waals surface area (Å²) >= 11 is 12.0. The molecule has 0 radical (unpaired) electrons. The van der Waals surface area contributed by atoms with E-state index in [4.69, 9.17) is 28.5 Å². The second kappa shape index (κ2) is 10.4. The van der Waals surface area contributed by atoms with Crippen molar-refractivity contribution in [3.8, 4) is 11.9 Å². The largest absolute Gasteiger partial charge is 0.342 e. The van der Waals surface area contributed by atoms with Gasteiger partial charge in [-0.15, -0.1) is 5.10 Å². The monoisotopic (exact) mass is 462 g/mol. The van der Waals surface area contributed by atoms with Crippen LogP contribution >= 0.6 is 36.7 Å². The molecule has 0 spiro atoms. The van der Waals surface area contributed by atoms with E-state index in [9.17, 15) is 4.79 Å². The van der Waals surface area contributed by atoms with Crippen LogP contribution < -0.4 is 5.32 Å². The van der Waals surface area contributed by atoms with E-state index in [2.05, 4.69) is 20.4 Å². The zero-order chi connectivity index (χ0) is 21.0. The Morgan fingerprint density at radius 2 is 1.97 bits per heavy atom. The topological polar surface area (TPSA) is 96.5 Å². The lowest BCUT2D eigenvalue weighted by atomic mass is 10.2. The molecule has 1 atom stereocenters. The van der Waals surface area contributed by atoms with Gasteiger partial charge in [0, 0.05) is 28.2 Å². The van der Waals surface area contributed by atoms with Crippen LogP contribution in [0.3, 0.4) is 0 Å². The van der Waals surface area contributed by atoms with Crippen molar-refractivity contribution in [2.24, 2.45) is 0 Å². The van der Waals surface area contributed by atoms with Crippen molar-refractivity contribution in [3.63, 3.8) is 0 Å². The molecule has 0 fully saturated rings. The zero-order valence-corrected chi connectivity index (χ0v) is 18.9. The highest BCUT2D eigenvalue weighted by Gasteiger charge is 2.21. The molecule has 3 rings (SSSR count). The number of carbonyl (C=O) groups is 1. The average molecular weight is 463 g/mol. The fourth-order valence-electron chi connectivity index (χ4n) is 2.75. The van der Waals surface area contributed by atoms with E-state index in [1.165, 1.54) is 6.20 Å². The molecule has 0 unspecified atom stereocenters. The van der Waals surface area contributed by atoms with Crippen LogP contribution in [0, 0.1) is 11.3 Å². The van der Waals surface area contributed by atoms with Crippen molar-refractivity contribution in [2.45, 2.75) is 32.7 Å². The maximum absolute atomic E-state index is 12.7. The summed E-state index contributed by atoms with van der Waals surface area (Å²) in [5, 5.41) is 17.1. The fraction of sp³-hybridized carbons (Fsp3) is 0.250. The van der Waals surface area contributed by atoms with Gasteiger partial charge in [0.25, 0.3) is 5.91 Å². The van der Waals surface area contributed by atoms with Crippen LogP contribution in [0.15, 0.2) is 36.5 Å². The second-order valence-corrected chi connectivity index (χ2v) is 7.29. The number of pyridine rings is 1. The molecule has 10 heteroatoms. The molecule has 0 aliphatic rings. The number of hydrogen-bond donors (Lipinski definition) is 1. The van der Waals surface area contributed by atoms with E-state index in [1.807, 2.05) is 19.9 Å². The van der Waals surface area contributed by atoms with Crippen molar-refractivity contribution < 1.29 is 4.79 Å². The Morgan fingerprint density at radius 3 is 2.53 bits per heavy atom. The first kappa shape index (κ1) is 23.7. The van der Waals surface area contributed by atoms with Gasteiger partial charge in [-0.05, 0) is 43.7 Å². The van der Waals surface area contributed by atoms with Gasteiger partial charge in [-0.2, -0.15) is 23.4 Å². The normalized spacial score (nSPS) is 11.3. The fourth-order valence-corrected chi connectivity index (χ4v) is 3.28. The highest BCUT2D eigenvalue weighted by atomic mass is 35.5. The standard InChI is InChI=1S/C20H18Cl2N6O.H2S/c1-3-4-17-26-19(28(27-17)18-6-5-13(10-23)11-24-18)12(2)25-20(29)14-7-15(21)9-16(22)8-14;/h5-9,11-12H,3-4H2,1-2H3,(H,25,29);1H2/t12-;/m0./s1. The van der Waals surface area contributed by atoms with E-state index >= 15 is 0 Å². The minimum absolute atomic E-state index is 0. The van der Waals surface area contributed by atoms with E-state index in [0.29, 0.717) is 45.1 Å². The maximum Gasteiger partial charge on any atom is 0.251 e. The number of aryl methyl sites for hydroxylation is 1. The maximum atomic E-state index is 12.7. The quantitative estimate of drug-likeness (QED) is 0.585. The van der Waals surface area contributed by atoms with Crippen LogP contribution in [0.2, 0.25) is 10.0 Å². The van der Waals surface area contributed by atoms with E-state index in [0.717, 1.165) is 6.42 Å². The lowest BCUT2D eigenvalue weighted by Crippen LogP contribution is -2.28. The molecule has 0 aliphatic heterocycles. The minimum atomic E-state index is -0.462. The second-order valence-electron chi connectivity index (χ2n) is 6.42. The molecular weight excluding hydrogens is 443 g/mol. The number of benzene rings is 1. The first-order valence-corrected chi connectivity index (χ1v) is 9.76. The van der Waals surface area contributed by atoms with Gasteiger partial charge in [-0.25, -0.2) is 9.97 Å². The summed E-state index contributed by atoms with van der Waals surface area (Å²) in [4.78, 5) is 21.5. The SMILES string of the molecule is CCCc1nc([C@H](C)NC(=O)c2cc(Cl)cc(Cl)c2)n(-c2ccc(C#N)cn2)n1.S. The average Bonchev–Trinajstić information content (AvgIpc) is 3.11. The molecule has 0 aliphatic carbocycles. The molecule has 0 saturated heterocycles. The predicted molar refractivity (Wildman–Crippen MR) is 121 cm³/mol. The number of nitrogens with one attached hydrogen (secondary N) is 1. The molecule has 2 aromatic heterocycles. The number of carbonyl (C=O) groups excluding carboxylic acids is 1. The Hall–Kier alpha value is -2.60. The van der Waals surface area contributed by atoms with Gasteiger partial charge >= 0.3 is 0 Å². The summed E-state index contributed by atoms with van der Waals surface area (Å²) in [7, 11) is 0. The highest BCUT2D eigenvalue weighted by molar-refractivity contribution is 7.59. The Kier molecular flexibility index (Phi) is 8.24. The third-order valence-electron chi connectivity index (χ3n) is 4.10. The van der Waals surface area contributed by atoms with Crippen molar-refractivity contribution >= 4 is 42.6 Å². The summed E-state index contributed by atoms with van der Waals surface area (Å²) < 4.78 is 1.59. The third-order valence-corrected chi connectivity index (χ3v) is 4.54. The lowest BCUT2D eigenvalue weighted by molar-refractivity contribution is 0.0938. The molecule has 2 heterocycles. The third kappa shape index (κ3) is 5.51. The summed E-state index contributed by atoms with van der Waals surface area (Å²) in [5.74, 6) is 1.37. The summed E-state index contributed by atoms with van der Waals surface area (Å²) in [6.45, 7) is 3.85. The number of amides is 1.